The highest BCUT2D eigenvalue weighted by atomic mass is 35.5. The van der Waals surface area contributed by atoms with E-state index in [1.807, 2.05) is 23.7 Å². The van der Waals surface area contributed by atoms with Crippen molar-refractivity contribution in [3.8, 4) is 0 Å². The number of hydrogen-bond donors (Lipinski definition) is 1. The Kier molecular flexibility index (Phi) is 7.23. The van der Waals surface area contributed by atoms with Gasteiger partial charge in [0.25, 0.3) is 0 Å². The molecule has 0 aliphatic rings. The standard InChI is InChI=1S/C17H21Cl2N3O3S/c1-9(2)15-16(26-13-6-11(18)5-12(19)7-13)21-14(22(15)4)8-24-10(3)25-17(20)23/h5-7,9-10H,8H2,1-4H3,(H2,20,23). The predicted octanol–water partition coefficient (Wildman–Crippen LogP) is 4.96. The lowest BCUT2D eigenvalue weighted by atomic mass is 10.1. The van der Waals surface area contributed by atoms with Crippen molar-refractivity contribution in [2.45, 2.75) is 49.5 Å². The number of nitrogens with two attached hydrogens (primary N) is 1. The lowest BCUT2D eigenvalue weighted by Gasteiger charge is -2.13. The lowest BCUT2D eigenvalue weighted by Crippen LogP contribution is -2.23. The average Bonchev–Trinajstić information content (AvgIpc) is 2.79. The van der Waals surface area contributed by atoms with Crippen molar-refractivity contribution in [3.05, 3.63) is 39.8 Å². The zero-order valence-electron chi connectivity index (χ0n) is 15.0. The smallest absolute Gasteiger partial charge is 0.406 e. The van der Waals surface area contributed by atoms with Crippen LogP contribution in [-0.4, -0.2) is 21.9 Å². The van der Waals surface area contributed by atoms with Crippen molar-refractivity contribution < 1.29 is 14.3 Å². The molecule has 6 nitrogen and oxygen atoms in total. The van der Waals surface area contributed by atoms with Gasteiger partial charge in [0.05, 0.1) is 5.69 Å². The fourth-order valence-corrected chi connectivity index (χ4v) is 4.34. The van der Waals surface area contributed by atoms with E-state index in [0.717, 1.165) is 15.6 Å². The molecular weight excluding hydrogens is 397 g/mol. The van der Waals surface area contributed by atoms with Crippen LogP contribution in [-0.2, 0) is 23.1 Å². The van der Waals surface area contributed by atoms with Crippen LogP contribution in [0.5, 0.6) is 0 Å². The fraction of sp³-hybridized carbons (Fsp3) is 0.412. The van der Waals surface area contributed by atoms with Crippen LogP contribution in [0.4, 0.5) is 4.79 Å². The van der Waals surface area contributed by atoms with Gasteiger partial charge >= 0.3 is 6.09 Å². The molecule has 9 heteroatoms. The molecule has 2 aromatic rings. The number of ether oxygens (including phenoxy) is 2. The molecule has 142 valence electrons. The van der Waals surface area contributed by atoms with Crippen LogP contribution in [0.15, 0.2) is 28.1 Å². The average molecular weight is 418 g/mol. The zero-order chi connectivity index (χ0) is 19.4. The zero-order valence-corrected chi connectivity index (χ0v) is 17.3. The van der Waals surface area contributed by atoms with Crippen LogP contribution in [0.1, 0.15) is 38.2 Å². The number of amides is 1. The summed E-state index contributed by atoms with van der Waals surface area (Å²) in [6.45, 7) is 5.97. The number of nitrogens with zero attached hydrogens (tertiary/aromatic N) is 2. The third-order valence-corrected chi connectivity index (χ3v) is 4.93. The molecular formula is C17H21Cl2N3O3S. The maximum atomic E-state index is 10.8. The Balaban J connectivity index is 2.24. The highest BCUT2D eigenvalue weighted by Gasteiger charge is 2.20. The highest BCUT2D eigenvalue weighted by molar-refractivity contribution is 7.99. The Morgan fingerprint density at radius 3 is 2.42 bits per heavy atom. The fourth-order valence-electron chi connectivity index (χ4n) is 2.46. The Morgan fingerprint density at radius 2 is 1.88 bits per heavy atom. The minimum atomic E-state index is -0.880. The van der Waals surface area contributed by atoms with Crippen LogP contribution in [0.3, 0.4) is 0 Å². The first-order valence-electron chi connectivity index (χ1n) is 7.94. The number of rotatable bonds is 7. The molecule has 26 heavy (non-hydrogen) atoms. The van der Waals surface area contributed by atoms with Gasteiger partial charge in [0.1, 0.15) is 17.5 Å². The van der Waals surface area contributed by atoms with Crippen LogP contribution in [0.25, 0.3) is 0 Å². The first-order valence-corrected chi connectivity index (χ1v) is 9.51. The van der Waals surface area contributed by atoms with Crippen LogP contribution in [0.2, 0.25) is 10.0 Å². The van der Waals surface area contributed by atoms with Crippen molar-refractivity contribution in [2.75, 3.05) is 0 Å². The summed E-state index contributed by atoms with van der Waals surface area (Å²) < 4.78 is 12.2. The molecule has 0 saturated carbocycles. The van der Waals surface area contributed by atoms with Crippen molar-refractivity contribution in [1.82, 2.24) is 9.55 Å². The summed E-state index contributed by atoms with van der Waals surface area (Å²) in [5.74, 6) is 0.960. The number of primary amides is 1. The molecule has 0 fully saturated rings. The van der Waals surface area contributed by atoms with Crippen LogP contribution in [0, 0.1) is 0 Å². The van der Waals surface area contributed by atoms with E-state index in [-0.39, 0.29) is 12.5 Å². The Labute approximate surface area is 167 Å². The third-order valence-electron chi connectivity index (χ3n) is 3.52. The summed E-state index contributed by atoms with van der Waals surface area (Å²) >= 11 is 13.7. The minimum absolute atomic E-state index is 0.182. The summed E-state index contributed by atoms with van der Waals surface area (Å²) in [5.41, 5.74) is 6.05. The molecule has 0 aliphatic carbocycles. The highest BCUT2D eigenvalue weighted by Crippen LogP contribution is 2.36. The summed E-state index contributed by atoms with van der Waals surface area (Å²) in [7, 11) is 1.93. The first kappa shape index (κ1) is 20.9. The Bertz CT molecular complexity index is 776. The summed E-state index contributed by atoms with van der Waals surface area (Å²) in [6, 6.07) is 5.38. The molecule has 0 saturated heterocycles. The van der Waals surface area contributed by atoms with Gasteiger partial charge in [-0.15, -0.1) is 0 Å². The molecule has 1 aromatic carbocycles. The topological polar surface area (TPSA) is 79.4 Å². The van der Waals surface area contributed by atoms with E-state index in [0.29, 0.717) is 15.9 Å². The quantitative estimate of drug-likeness (QED) is 0.643. The number of imidazole rings is 1. The van der Waals surface area contributed by atoms with E-state index in [2.05, 4.69) is 18.8 Å². The Morgan fingerprint density at radius 1 is 1.27 bits per heavy atom. The number of carbonyl (C=O) groups excluding carboxylic acids is 1. The molecule has 0 radical (unpaired) electrons. The van der Waals surface area contributed by atoms with Gasteiger partial charge in [-0.1, -0.05) is 48.8 Å². The number of aromatic nitrogens is 2. The second kappa shape index (κ2) is 8.99. The monoisotopic (exact) mass is 417 g/mol. The maximum Gasteiger partial charge on any atom is 0.406 e. The van der Waals surface area contributed by atoms with Gasteiger partial charge in [0, 0.05) is 22.0 Å². The van der Waals surface area contributed by atoms with Crippen molar-refractivity contribution in [1.29, 1.82) is 0 Å². The summed E-state index contributed by atoms with van der Waals surface area (Å²) in [6.07, 6.45) is -1.64. The lowest BCUT2D eigenvalue weighted by molar-refractivity contribution is -0.0992. The van der Waals surface area contributed by atoms with Gasteiger partial charge in [-0.3, -0.25) is 0 Å². The van der Waals surface area contributed by atoms with Gasteiger partial charge in [-0.2, -0.15) is 0 Å². The SMILES string of the molecule is CC(OCc1nc(Sc2cc(Cl)cc(Cl)c2)c(C(C)C)n1C)OC(N)=O. The van der Waals surface area contributed by atoms with Crippen LogP contribution >= 0.6 is 35.0 Å². The summed E-state index contributed by atoms with van der Waals surface area (Å²) in [5, 5.41) is 1.99. The molecule has 2 N–H and O–H groups in total. The van der Waals surface area contributed by atoms with Crippen molar-refractivity contribution in [2.24, 2.45) is 12.8 Å². The number of carbonyl (C=O) groups is 1. The van der Waals surface area contributed by atoms with E-state index >= 15 is 0 Å². The largest absolute Gasteiger partial charge is 0.420 e. The Hall–Kier alpha value is -1.41. The third kappa shape index (κ3) is 5.54. The normalized spacial score (nSPS) is 12.4. The van der Waals surface area contributed by atoms with E-state index in [1.165, 1.54) is 11.8 Å². The second-order valence-corrected chi connectivity index (χ2v) is 7.89. The molecule has 2 rings (SSSR count). The molecule has 1 amide bonds. The maximum absolute atomic E-state index is 10.8. The van der Waals surface area contributed by atoms with Gasteiger partial charge in [0.15, 0.2) is 0 Å². The molecule has 1 atom stereocenters. The van der Waals surface area contributed by atoms with Gasteiger partial charge in [-0.25, -0.2) is 9.78 Å². The minimum Gasteiger partial charge on any atom is -0.420 e. The number of halogens is 2. The second-order valence-electron chi connectivity index (χ2n) is 5.95. The molecule has 1 heterocycles. The van der Waals surface area contributed by atoms with Crippen LogP contribution < -0.4 is 5.73 Å². The first-order chi connectivity index (χ1) is 12.2. The number of benzene rings is 1. The van der Waals surface area contributed by atoms with E-state index in [1.54, 1.807) is 13.0 Å². The van der Waals surface area contributed by atoms with Crippen molar-refractivity contribution >= 4 is 41.1 Å². The van der Waals surface area contributed by atoms with Gasteiger partial charge < -0.3 is 19.8 Å². The van der Waals surface area contributed by atoms with E-state index < -0.39 is 12.4 Å². The van der Waals surface area contributed by atoms with Gasteiger partial charge in [0.2, 0.25) is 6.29 Å². The molecule has 0 aliphatic heterocycles. The van der Waals surface area contributed by atoms with E-state index in [4.69, 9.17) is 38.4 Å². The molecule has 0 bridgehead atoms. The molecule has 1 aromatic heterocycles. The van der Waals surface area contributed by atoms with Crippen molar-refractivity contribution in [3.63, 3.8) is 0 Å². The van der Waals surface area contributed by atoms with Gasteiger partial charge in [-0.05, 0) is 31.0 Å². The number of hydrogen-bond acceptors (Lipinski definition) is 5. The predicted molar refractivity (Wildman–Crippen MR) is 103 cm³/mol. The molecule has 1 unspecified atom stereocenters. The van der Waals surface area contributed by atoms with E-state index in [9.17, 15) is 4.79 Å². The molecule has 0 spiro atoms. The summed E-state index contributed by atoms with van der Waals surface area (Å²) in [4.78, 5) is 16.4.